The summed E-state index contributed by atoms with van der Waals surface area (Å²) in [4.78, 5) is 20.1. The highest BCUT2D eigenvalue weighted by Crippen LogP contribution is 2.19. The van der Waals surface area contributed by atoms with Gasteiger partial charge in [0, 0.05) is 27.2 Å². The average molecular weight is 475 g/mol. The molecule has 0 saturated heterocycles. The predicted octanol–water partition coefficient (Wildman–Crippen LogP) is 2.33. The Bertz CT molecular complexity index is 532. The number of hydrogen-bond donors (Lipinski definition) is 2. The van der Waals surface area contributed by atoms with Crippen LogP contribution in [0.3, 0.4) is 0 Å². The highest BCUT2D eigenvalue weighted by molar-refractivity contribution is 14.0. The lowest BCUT2D eigenvalue weighted by atomic mass is 10.1. The number of carbonyl (C=O) groups is 1. The summed E-state index contributed by atoms with van der Waals surface area (Å²) >= 11 is 0. The van der Waals surface area contributed by atoms with Gasteiger partial charge in [-0.2, -0.15) is 0 Å². The fraction of sp³-hybridized carbons (Fsp3) is 0.579. The van der Waals surface area contributed by atoms with Gasteiger partial charge in [0.15, 0.2) is 5.96 Å². The van der Waals surface area contributed by atoms with Crippen LogP contribution in [0.4, 0.5) is 0 Å². The number of guanidine groups is 1. The van der Waals surface area contributed by atoms with E-state index in [-0.39, 0.29) is 42.5 Å². The Morgan fingerprint density at radius 2 is 1.69 bits per heavy atom. The number of aliphatic imine (C=N–C) groups is 1. The molecule has 1 aromatic carbocycles. The number of carbonyl (C=O) groups excluding carboxylic acids is 1. The van der Waals surface area contributed by atoms with E-state index < -0.39 is 0 Å². The molecule has 0 aromatic heterocycles. The fourth-order valence-corrected chi connectivity index (χ4v) is 2.62. The SMILES string of the molecule is CCNC(=NCC(=O)N(C)C)NCC(c1ccccc1)N(CC)CC.I. The summed E-state index contributed by atoms with van der Waals surface area (Å²) < 4.78 is 0. The monoisotopic (exact) mass is 475 g/mol. The number of likely N-dealkylation sites (N-methyl/N-ethyl adjacent to an activating group) is 2. The maximum atomic E-state index is 11.8. The average Bonchev–Trinajstić information content (AvgIpc) is 2.63. The van der Waals surface area contributed by atoms with Gasteiger partial charge in [0.25, 0.3) is 0 Å². The number of nitrogens with zero attached hydrogens (tertiary/aromatic N) is 3. The van der Waals surface area contributed by atoms with Crippen LogP contribution in [-0.2, 0) is 4.79 Å². The van der Waals surface area contributed by atoms with Crippen molar-refractivity contribution in [2.24, 2.45) is 4.99 Å². The van der Waals surface area contributed by atoms with Gasteiger partial charge in [-0.05, 0) is 25.6 Å². The predicted molar refractivity (Wildman–Crippen MR) is 120 cm³/mol. The zero-order valence-electron chi connectivity index (χ0n) is 16.7. The van der Waals surface area contributed by atoms with E-state index in [2.05, 4.69) is 58.6 Å². The second kappa shape index (κ2) is 13.8. The molecule has 1 aromatic rings. The van der Waals surface area contributed by atoms with E-state index >= 15 is 0 Å². The molecule has 0 spiro atoms. The molecule has 0 aliphatic carbocycles. The number of nitrogens with one attached hydrogen (secondary N) is 2. The molecule has 7 heteroatoms. The Morgan fingerprint density at radius 3 is 2.19 bits per heavy atom. The highest BCUT2D eigenvalue weighted by Gasteiger charge is 2.18. The van der Waals surface area contributed by atoms with E-state index in [1.165, 1.54) is 5.56 Å². The molecule has 0 fully saturated rings. The molecule has 26 heavy (non-hydrogen) atoms. The molecule has 0 aliphatic heterocycles. The van der Waals surface area contributed by atoms with Crippen LogP contribution in [0.25, 0.3) is 0 Å². The summed E-state index contributed by atoms with van der Waals surface area (Å²) in [6, 6.07) is 10.7. The van der Waals surface area contributed by atoms with Gasteiger partial charge in [0.05, 0.1) is 6.04 Å². The Balaban J connectivity index is 0.00000625. The summed E-state index contributed by atoms with van der Waals surface area (Å²) in [6.45, 7) is 9.95. The molecule has 1 rings (SSSR count). The number of benzene rings is 1. The highest BCUT2D eigenvalue weighted by atomic mass is 127. The van der Waals surface area contributed by atoms with Crippen LogP contribution < -0.4 is 10.6 Å². The number of amides is 1. The van der Waals surface area contributed by atoms with E-state index in [1.54, 1.807) is 19.0 Å². The smallest absolute Gasteiger partial charge is 0.243 e. The molecule has 0 heterocycles. The number of halogens is 1. The van der Waals surface area contributed by atoms with Crippen LogP contribution in [0.2, 0.25) is 0 Å². The number of rotatable bonds is 9. The van der Waals surface area contributed by atoms with E-state index in [0.717, 1.165) is 26.2 Å². The minimum atomic E-state index is -0.0134. The van der Waals surface area contributed by atoms with E-state index in [1.807, 2.05) is 13.0 Å². The lowest BCUT2D eigenvalue weighted by Crippen LogP contribution is -2.43. The first kappa shape index (κ1) is 24.7. The molecule has 6 nitrogen and oxygen atoms in total. The molecule has 0 saturated carbocycles. The van der Waals surface area contributed by atoms with E-state index in [0.29, 0.717) is 5.96 Å². The number of hydrogen-bond acceptors (Lipinski definition) is 3. The lowest BCUT2D eigenvalue weighted by molar-refractivity contribution is -0.127. The van der Waals surface area contributed by atoms with Crippen molar-refractivity contribution in [1.82, 2.24) is 20.4 Å². The molecule has 2 N–H and O–H groups in total. The Kier molecular flexibility index (Phi) is 13.1. The van der Waals surface area contributed by atoms with Crippen LogP contribution in [0.5, 0.6) is 0 Å². The lowest BCUT2D eigenvalue weighted by Gasteiger charge is -2.30. The first-order valence-corrected chi connectivity index (χ1v) is 9.04. The summed E-state index contributed by atoms with van der Waals surface area (Å²) in [5.41, 5.74) is 1.28. The minimum absolute atomic E-state index is 0. The fourth-order valence-electron chi connectivity index (χ4n) is 2.62. The van der Waals surface area contributed by atoms with Crippen molar-refractivity contribution in [3.05, 3.63) is 35.9 Å². The summed E-state index contributed by atoms with van der Waals surface area (Å²) in [6.07, 6.45) is 0. The Morgan fingerprint density at radius 1 is 1.08 bits per heavy atom. The van der Waals surface area contributed by atoms with Gasteiger partial charge in [-0.15, -0.1) is 24.0 Å². The van der Waals surface area contributed by atoms with Crippen molar-refractivity contribution in [1.29, 1.82) is 0 Å². The van der Waals surface area contributed by atoms with Crippen LogP contribution in [0, 0.1) is 0 Å². The van der Waals surface area contributed by atoms with Crippen molar-refractivity contribution >= 4 is 35.8 Å². The third-order valence-corrected chi connectivity index (χ3v) is 4.12. The van der Waals surface area contributed by atoms with Gasteiger partial charge < -0.3 is 15.5 Å². The van der Waals surface area contributed by atoms with Crippen molar-refractivity contribution in [2.75, 3.05) is 46.8 Å². The third-order valence-electron chi connectivity index (χ3n) is 4.12. The first-order valence-electron chi connectivity index (χ1n) is 9.04. The van der Waals surface area contributed by atoms with Gasteiger partial charge in [0.2, 0.25) is 5.91 Å². The molecule has 0 aliphatic rings. The van der Waals surface area contributed by atoms with Crippen molar-refractivity contribution in [2.45, 2.75) is 26.8 Å². The Labute approximate surface area is 175 Å². The molecule has 0 bridgehead atoms. The molecular formula is C19H34IN5O. The van der Waals surface area contributed by atoms with Crippen molar-refractivity contribution in [3.8, 4) is 0 Å². The maximum Gasteiger partial charge on any atom is 0.243 e. The largest absolute Gasteiger partial charge is 0.357 e. The van der Waals surface area contributed by atoms with E-state index in [9.17, 15) is 4.79 Å². The zero-order valence-corrected chi connectivity index (χ0v) is 19.0. The van der Waals surface area contributed by atoms with Gasteiger partial charge >= 0.3 is 0 Å². The molecule has 1 atom stereocenters. The van der Waals surface area contributed by atoms with Gasteiger partial charge in [-0.1, -0.05) is 44.2 Å². The van der Waals surface area contributed by atoms with Gasteiger partial charge in [-0.3, -0.25) is 9.69 Å². The summed E-state index contributed by atoms with van der Waals surface area (Å²) in [5, 5.41) is 6.60. The first-order chi connectivity index (χ1) is 12.0. The van der Waals surface area contributed by atoms with Crippen LogP contribution >= 0.6 is 24.0 Å². The van der Waals surface area contributed by atoms with E-state index in [4.69, 9.17) is 0 Å². The Hall–Kier alpha value is -1.35. The van der Waals surface area contributed by atoms with Crippen molar-refractivity contribution in [3.63, 3.8) is 0 Å². The standard InChI is InChI=1S/C19H33N5O.HI/c1-6-20-19(22-15-18(25)23(4)5)21-14-17(24(7-2)8-3)16-12-10-9-11-13-16;/h9-13,17H,6-8,14-15H2,1-5H3,(H2,20,21,22);1H. The second-order valence-corrected chi connectivity index (χ2v) is 6.01. The van der Waals surface area contributed by atoms with Gasteiger partial charge in [-0.25, -0.2) is 4.99 Å². The van der Waals surface area contributed by atoms with Crippen LogP contribution in [0.1, 0.15) is 32.4 Å². The minimum Gasteiger partial charge on any atom is -0.357 e. The maximum absolute atomic E-state index is 11.8. The molecule has 1 amide bonds. The summed E-state index contributed by atoms with van der Waals surface area (Å²) in [7, 11) is 3.48. The topological polar surface area (TPSA) is 60.0 Å². The molecule has 0 radical (unpaired) electrons. The summed E-state index contributed by atoms with van der Waals surface area (Å²) in [5.74, 6) is 0.659. The van der Waals surface area contributed by atoms with Gasteiger partial charge in [0.1, 0.15) is 6.54 Å². The normalized spacial score (nSPS) is 12.3. The van der Waals surface area contributed by atoms with Crippen molar-refractivity contribution < 1.29 is 4.79 Å². The molecule has 148 valence electrons. The molecule has 1 unspecified atom stereocenters. The third kappa shape index (κ3) is 8.35. The van der Waals surface area contributed by atoms with Crippen LogP contribution in [0.15, 0.2) is 35.3 Å². The quantitative estimate of drug-likeness (QED) is 0.327. The zero-order chi connectivity index (χ0) is 18.7. The molecular weight excluding hydrogens is 441 g/mol. The second-order valence-electron chi connectivity index (χ2n) is 6.01. The van der Waals surface area contributed by atoms with Crippen LogP contribution in [-0.4, -0.2) is 68.5 Å².